The van der Waals surface area contributed by atoms with Crippen molar-refractivity contribution >= 4 is 11.6 Å². The molecule has 1 unspecified atom stereocenters. The number of benzene rings is 1. The maximum absolute atomic E-state index is 12.3. The van der Waals surface area contributed by atoms with E-state index >= 15 is 0 Å². The number of carbonyl (C=O) groups is 1. The summed E-state index contributed by atoms with van der Waals surface area (Å²) < 4.78 is 0. The van der Waals surface area contributed by atoms with Gasteiger partial charge in [-0.25, -0.2) is 0 Å². The van der Waals surface area contributed by atoms with E-state index in [0.717, 1.165) is 5.69 Å². The molecule has 0 saturated carbocycles. The predicted molar refractivity (Wildman–Crippen MR) is 73.8 cm³/mol. The van der Waals surface area contributed by atoms with Gasteiger partial charge in [-0.2, -0.15) is 0 Å². The summed E-state index contributed by atoms with van der Waals surface area (Å²) in [6, 6.07) is 7.70. The number of aliphatic hydroxyl groups excluding tert-OH is 1. The maximum atomic E-state index is 12.3. The zero-order chi connectivity index (χ0) is 13.7. The Kier molecular flexibility index (Phi) is 5.16. The summed E-state index contributed by atoms with van der Waals surface area (Å²) in [6.45, 7) is 6.05. The van der Waals surface area contributed by atoms with Crippen LogP contribution >= 0.6 is 0 Å². The molecule has 0 aromatic heterocycles. The highest BCUT2D eigenvalue weighted by molar-refractivity contribution is 5.99. The van der Waals surface area contributed by atoms with Gasteiger partial charge in [0.1, 0.15) is 0 Å². The standard InChI is InChI=1S/C14H22N2O2/c1-10(2)15-13-8-6-5-7-12(13)14(18)16(4)9-11(3)17/h5-8,10-11,15,17H,9H2,1-4H3. The van der Waals surface area contributed by atoms with Gasteiger partial charge >= 0.3 is 0 Å². The Hall–Kier alpha value is -1.55. The van der Waals surface area contributed by atoms with Crippen LogP contribution < -0.4 is 5.32 Å². The van der Waals surface area contributed by atoms with Crippen LogP contribution in [0.25, 0.3) is 0 Å². The van der Waals surface area contributed by atoms with E-state index in [2.05, 4.69) is 5.32 Å². The van der Waals surface area contributed by atoms with Gasteiger partial charge in [0, 0.05) is 25.3 Å². The molecule has 1 aromatic rings. The smallest absolute Gasteiger partial charge is 0.255 e. The summed E-state index contributed by atoms with van der Waals surface area (Å²) in [5, 5.41) is 12.6. The molecular formula is C14H22N2O2. The molecule has 18 heavy (non-hydrogen) atoms. The average Bonchev–Trinajstić information content (AvgIpc) is 2.27. The Morgan fingerprint density at radius 1 is 1.33 bits per heavy atom. The summed E-state index contributed by atoms with van der Waals surface area (Å²) in [4.78, 5) is 13.8. The molecule has 1 atom stereocenters. The predicted octanol–water partition coefficient (Wildman–Crippen LogP) is 1.96. The largest absolute Gasteiger partial charge is 0.392 e. The van der Waals surface area contributed by atoms with E-state index in [1.54, 1.807) is 20.0 Å². The van der Waals surface area contributed by atoms with Gasteiger partial charge in [-0.1, -0.05) is 12.1 Å². The monoisotopic (exact) mass is 250 g/mol. The van der Waals surface area contributed by atoms with Crippen molar-refractivity contribution in [3.63, 3.8) is 0 Å². The van der Waals surface area contributed by atoms with E-state index in [-0.39, 0.29) is 11.9 Å². The molecule has 0 radical (unpaired) electrons. The SMILES string of the molecule is CC(O)CN(C)C(=O)c1ccccc1NC(C)C. The average molecular weight is 250 g/mol. The number of amides is 1. The first-order chi connectivity index (χ1) is 8.41. The van der Waals surface area contributed by atoms with Crippen molar-refractivity contribution in [3.8, 4) is 0 Å². The Balaban J connectivity index is 2.91. The number of nitrogens with one attached hydrogen (secondary N) is 1. The topological polar surface area (TPSA) is 52.6 Å². The second-order valence-electron chi connectivity index (χ2n) is 4.88. The second-order valence-corrected chi connectivity index (χ2v) is 4.88. The Morgan fingerprint density at radius 2 is 1.94 bits per heavy atom. The van der Waals surface area contributed by atoms with Gasteiger partial charge in [-0.05, 0) is 32.9 Å². The zero-order valence-electron chi connectivity index (χ0n) is 11.5. The van der Waals surface area contributed by atoms with Crippen molar-refractivity contribution in [2.45, 2.75) is 32.9 Å². The van der Waals surface area contributed by atoms with Crippen LogP contribution in [-0.4, -0.2) is 41.7 Å². The molecule has 1 aromatic carbocycles. The van der Waals surface area contributed by atoms with Crippen molar-refractivity contribution in [1.29, 1.82) is 0 Å². The third kappa shape index (κ3) is 4.04. The summed E-state index contributed by atoms with van der Waals surface area (Å²) in [7, 11) is 1.70. The highest BCUT2D eigenvalue weighted by Gasteiger charge is 2.16. The zero-order valence-corrected chi connectivity index (χ0v) is 11.5. The molecule has 100 valence electrons. The van der Waals surface area contributed by atoms with Crippen molar-refractivity contribution in [3.05, 3.63) is 29.8 Å². The van der Waals surface area contributed by atoms with E-state index < -0.39 is 6.10 Å². The van der Waals surface area contributed by atoms with E-state index in [1.807, 2.05) is 32.0 Å². The first-order valence-corrected chi connectivity index (χ1v) is 6.21. The van der Waals surface area contributed by atoms with E-state index in [4.69, 9.17) is 0 Å². The highest BCUT2D eigenvalue weighted by Crippen LogP contribution is 2.17. The van der Waals surface area contributed by atoms with E-state index in [0.29, 0.717) is 12.1 Å². The summed E-state index contributed by atoms with van der Waals surface area (Å²) in [5.41, 5.74) is 1.46. The van der Waals surface area contributed by atoms with Crippen LogP contribution in [0, 0.1) is 0 Å². The van der Waals surface area contributed by atoms with Gasteiger partial charge in [0.05, 0.1) is 11.7 Å². The van der Waals surface area contributed by atoms with Crippen molar-refractivity contribution < 1.29 is 9.90 Å². The fourth-order valence-electron chi connectivity index (χ4n) is 1.79. The normalized spacial score (nSPS) is 12.3. The van der Waals surface area contributed by atoms with Crippen LogP contribution in [0.3, 0.4) is 0 Å². The first kappa shape index (κ1) is 14.5. The lowest BCUT2D eigenvalue weighted by Gasteiger charge is -2.21. The number of likely N-dealkylation sites (N-methyl/N-ethyl adjacent to an activating group) is 1. The van der Waals surface area contributed by atoms with Crippen LogP contribution in [-0.2, 0) is 0 Å². The van der Waals surface area contributed by atoms with Crippen LogP contribution in [0.4, 0.5) is 5.69 Å². The molecule has 0 aliphatic heterocycles. The Morgan fingerprint density at radius 3 is 2.50 bits per heavy atom. The minimum atomic E-state index is -0.524. The number of para-hydroxylation sites is 1. The first-order valence-electron chi connectivity index (χ1n) is 6.21. The number of nitrogens with zero attached hydrogens (tertiary/aromatic N) is 1. The number of hydrogen-bond donors (Lipinski definition) is 2. The molecule has 1 amide bonds. The molecule has 0 fully saturated rings. The molecule has 0 saturated heterocycles. The minimum Gasteiger partial charge on any atom is -0.392 e. The molecule has 0 bridgehead atoms. The van der Waals surface area contributed by atoms with Crippen LogP contribution in [0.2, 0.25) is 0 Å². The quantitative estimate of drug-likeness (QED) is 0.840. The van der Waals surface area contributed by atoms with Gasteiger partial charge in [-0.3, -0.25) is 4.79 Å². The van der Waals surface area contributed by atoms with Gasteiger partial charge in [0.25, 0.3) is 5.91 Å². The van der Waals surface area contributed by atoms with Crippen molar-refractivity contribution in [2.75, 3.05) is 18.9 Å². The molecule has 4 heteroatoms. The van der Waals surface area contributed by atoms with Crippen molar-refractivity contribution in [2.24, 2.45) is 0 Å². The Labute approximate surface area is 109 Å². The molecule has 2 N–H and O–H groups in total. The highest BCUT2D eigenvalue weighted by atomic mass is 16.3. The molecule has 0 spiro atoms. The maximum Gasteiger partial charge on any atom is 0.255 e. The molecule has 0 heterocycles. The minimum absolute atomic E-state index is 0.0837. The second kappa shape index (κ2) is 6.40. The van der Waals surface area contributed by atoms with Gasteiger partial charge in [0.15, 0.2) is 0 Å². The third-order valence-corrected chi connectivity index (χ3v) is 2.49. The van der Waals surface area contributed by atoms with Gasteiger partial charge in [0.2, 0.25) is 0 Å². The lowest BCUT2D eigenvalue weighted by atomic mass is 10.1. The van der Waals surface area contributed by atoms with Crippen molar-refractivity contribution in [1.82, 2.24) is 4.90 Å². The number of rotatable bonds is 5. The van der Waals surface area contributed by atoms with Gasteiger partial charge < -0.3 is 15.3 Å². The number of aliphatic hydroxyl groups is 1. The molecule has 0 aliphatic carbocycles. The fourth-order valence-corrected chi connectivity index (χ4v) is 1.79. The number of anilines is 1. The van der Waals surface area contributed by atoms with Crippen LogP contribution in [0.15, 0.2) is 24.3 Å². The number of carbonyl (C=O) groups excluding carboxylic acids is 1. The molecular weight excluding hydrogens is 228 g/mol. The lowest BCUT2D eigenvalue weighted by molar-refractivity contribution is 0.0704. The summed E-state index contributed by atoms with van der Waals surface area (Å²) >= 11 is 0. The molecule has 0 aliphatic rings. The molecule has 4 nitrogen and oxygen atoms in total. The Bertz CT molecular complexity index is 403. The summed E-state index contributed by atoms with van der Waals surface area (Å²) in [6.07, 6.45) is -0.524. The van der Waals surface area contributed by atoms with Crippen LogP contribution in [0.5, 0.6) is 0 Å². The summed E-state index contributed by atoms with van der Waals surface area (Å²) in [5.74, 6) is -0.0837. The van der Waals surface area contributed by atoms with Gasteiger partial charge in [-0.15, -0.1) is 0 Å². The lowest BCUT2D eigenvalue weighted by Crippen LogP contribution is -2.33. The van der Waals surface area contributed by atoms with E-state index in [1.165, 1.54) is 4.90 Å². The fraction of sp³-hybridized carbons (Fsp3) is 0.500. The third-order valence-electron chi connectivity index (χ3n) is 2.49. The number of hydrogen-bond acceptors (Lipinski definition) is 3. The molecule has 1 rings (SSSR count). The van der Waals surface area contributed by atoms with E-state index in [9.17, 15) is 9.90 Å². The van der Waals surface area contributed by atoms with Crippen LogP contribution in [0.1, 0.15) is 31.1 Å².